The summed E-state index contributed by atoms with van der Waals surface area (Å²) in [5.41, 5.74) is 2.15. The molecule has 6 nitrogen and oxygen atoms in total. The predicted octanol–water partition coefficient (Wildman–Crippen LogP) is 4.13. The van der Waals surface area contributed by atoms with E-state index in [1.807, 2.05) is 36.1 Å². The zero-order chi connectivity index (χ0) is 21.7. The SMILES string of the molecule is CCC(=O)N1CCN(c2ccc(NC(=S)NC(=O)c3cccc(I)c3)cc2Cl)CC1. The van der Waals surface area contributed by atoms with E-state index in [2.05, 4.69) is 38.1 Å². The van der Waals surface area contributed by atoms with Crippen LogP contribution in [0.5, 0.6) is 0 Å². The van der Waals surface area contributed by atoms with Crippen LogP contribution in [0.15, 0.2) is 42.5 Å². The van der Waals surface area contributed by atoms with E-state index in [1.54, 1.807) is 18.2 Å². The molecule has 2 aromatic rings. The first-order valence-electron chi connectivity index (χ1n) is 9.57. The quantitative estimate of drug-likeness (QED) is 0.438. The van der Waals surface area contributed by atoms with Crippen LogP contribution in [-0.2, 0) is 4.79 Å². The smallest absolute Gasteiger partial charge is 0.257 e. The Labute approximate surface area is 200 Å². The number of benzene rings is 2. The molecule has 158 valence electrons. The number of halogens is 2. The number of hydrogen-bond donors (Lipinski definition) is 2. The molecule has 3 rings (SSSR count). The maximum absolute atomic E-state index is 12.3. The molecule has 0 spiro atoms. The molecule has 1 saturated heterocycles. The monoisotopic (exact) mass is 556 g/mol. The minimum Gasteiger partial charge on any atom is -0.367 e. The molecule has 1 fully saturated rings. The van der Waals surface area contributed by atoms with Crippen LogP contribution in [0, 0.1) is 3.57 Å². The average molecular weight is 557 g/mol. The van der Waals surface area contributed by atoms with Gasteiger partial charge in [0, 0.05) is 47.4 Å². The number of piperazine rings is 1. The van der Waals surface area contributed by atoms with Crippen molar-refractivity contribution in [1.82, 2.24) is 10.2 Å². The van der Waals surface area contributed by atoms with Gasteiger partial charge >= 0.3 is 0 Å². The van der Waals surface area contributed by atoms with Crippen LogP contribution in [0.25, 0.3) is 0 Å². The first-order valence-corrected chi connectivity index (χ1v) is 11.4. The number of nitrogens with one attached hydrogen (secondary N) is 2. The van der Waals surface area contributed by atoms with Crippen molar-refractivity contribution in [3.63, 3.8) is 0 Å². The Morgan fingerprint density at radius 3 is 2.50 bits per heavy atom. The molecule has 0 aromatic heterocycles. The maximum Gasteiger partial charge on any atom is 0.257 e. The van der Waals surface area contributed by atoms with E-state index in [0.717, 1.165) is 22.3 Å². The van der Waals surface area contributed by atoms with Crippen molar-refractivity contribution >= 4 is 74.7 Å². The van der Waals surface area contributed by atoms with Crippen molar-refractivity contribution in [2.24, 2.45) is 0 Å². The summed E-state index contributed by atoms with van der Waals surface area (Å²) in [6.07, 6.45) is 0.529. The van der Waals surface area contributed by atoms with Crippen LogP contribution in [-0.4, -0.2) is 48.0 Å². The van der Waals surface area contributed by atoms with Crippen molar-refractivity contribution in [1.29, 1.82) is 0 Å². The molecule has 9 heteroatoms. The van der Waals surface area contributed by atoms with Gasteiger partial charge in [0.1, 0.15) is 0 Å². The number of thiocarbonyl (C=S) groups is 1. The van der Waals surface area contributed by atoms with Crippen LogP contribution < -0.4 is 15.5 Å². The first-order chi connectivity index (χ1) is 14.4. The highest BCUT2D eigenvalue weighted by Crippen LogP contribution is 2.29. The molecule has 0 atom stereocenters. The van der Waals surface area contributed by atoms with Gasteiger partial charge in [-0.05, 0) is 71.2 Å². The van der Waals surface area contributed by atoms with E-state index in [4.69, 9.17) is 23.8 Å². The van der Waals surface area contributed by atoms with Gasteiger partial charge in [-0.15, -0.1) is 0 Å². The largest absolute Gasteiger partial charge is 0.367 e. The second kappa shape index (κ2) is 10.4. The molecule has 2 amide bonds. The third kappa shape index (κ3) is 5.83. The molecule has 1 heterocycles. The van der Waals surface area contributed by atoms with Crippen LogP contribution in [0.1, 0.15) is 23.7 Å². The molecular weight excluding hydrogens is 535 g/mol. The number of nitrogens with zero attached hydrogens (tertiary/aromatic N) is 2. The summed E-state index contributed by atoms with van der Waals surface area (Å²) < 4.78 is 0.974. The third-order valence-electron chi connectivity index (χ3n) is 4.79. The average Bonchev–Trinajstić information content (AvgIpc) is 2.73. The zero-order valence-corrected chi connectivity index (χ0v) is 20.2. The molecule has 0 unspecified atom stereocenters. The maximum atomic E-state index is 12.3. The molecule has 0 aliphatic carbocycles. The van der Waals surface area contributed by atoms with Crippen molar-refractivity contribution in [2.75, 3.05) is 36.4 Å². The fraction of sp³-hybridized carbons (Fsp3) is 0.286. The molecule has 0 saturated carbocycles. The molecule has 1 aliphatic rings. The number of carbonyl (C=O) groups excluding carboxylic acids is 2. The Morgan fingerprint density at radius 1 is 1.13 bits per heavy atom. The minimum absolute atomic E-state index is 0.182. The summed E-state index contributed by atoms with van der Waals surface area (Å²) >= 11 is 13.9. The van der Waals surface area contributed by atoms with E-state index < -0.39 is 0 Å². The molecular formula is C21H22ClIN4O2S. The summed E-state index contributed by atoms with van der Waals surface area (Å²) in [7, 11) is 0. The van der Waals surface area contributed by atoms with E-state index in [0.29, 0.717) is 35.8 Å². The summed E-state index contributed by atoms with van der Waals surface area (Å²) in [5, 5.41) is 6.47. The topological polar surface area (TPSA) is 64.7 Å². The van der Waals surface area contributed by atoms with Gasteiger partial charge in [0.25, 0.3) is 5.91 Å². The Morgan fingerprint density at radius 2 is 1.87 bits per heavy atom. The zero-order valence-electron chi connectivity index (χ0n) is 16.5. The number of rotatable bonds is 4. The van der Waals surface area contributed by atoms with Gasteiger partial charge in [0.15, 0.2) is 5.11 Å². The van der Waals surface area contributed by atoms with Gasteiger partial charge in [-0.1, -0.05) is 24.6 Å². The van der Waals surface area contributed by atoms with E-state index in [1.165, 1.54) is 0 Å². The first kappa shape index (κ1) is 22.8. The predicted molar refractivity (Wildman–Crippen MR) is 133 cm³/mol. The van der Waals surface area contributed by atoms with Crippen LogP contribution in [0.3, 0.4) is 0 Å². The second-order valence-electron chi connectivity index (χ2n) is 6.81. The third-order valence-corrected chi connectivity index (χ3v) is 5.97. The van der Waals surface area contributed by atoms with Gasteiger partial charge in [0.2, 0.25) is 5.91 Å². The fourth-order valence-corrected chi connectivity index (χ4v) is 4.28. The fourth-order valence-electron chi connectivity index (χ4n) is 3.23. The molecule has 30 heavy (non-hydrogen) atoms. The van der Waals surface area contributed by atoms with Gasteiger partial charge in [-0.2, -0.15) is 0 Å². The van der Waals surface area contributed by atoms with Gasteiger partial charge in [-0.3, -0.25) is 14.9 Å². The Hall–Kier alpha value is -1.91. The number of amides is 2. The van der Waals surface area contributed by atoms with Gasteiger partial charge in [-0.25, -0.2) is 0 Å². The van der Waals surface area contributed by atoms with Gasteiger partial charge < -0.3 is 15.1 Å². The summed E-state index contributed by atoms with van der Waals surface area (Å²) in [4.78, 5) is 28.2. The minimum atomic E-state index is -0.270. The summed E-state index contributed by atoms with van der Waals surface area (Å²) in [6, 6.07) is 12.8. The van der Waals surface area contributed by atoms with E-state index in [-0.39, 0.29) is 16.9 Å². The summed E-state index contributed by atoms with van der Waals surface area (Å²) in [5.74, 6) is -0.0886. The van der Waals surface area contributed by atoms with E-state index in [9.17, 15) is 9.59 Å². The standard InChI is InChI=1S/C21H22ClIN4O2S/c1-2-19(28)27-10-8-26(9-11-27)18-7-6-16(13-17(18)22)24-21(30)25-20(29)14-4-3-5-15(23)12-14/h3-7,12-13H,2,8-11H2,1H3,(H2,24,25,29,30). The Kier molecular flexibility index (Phi) is 7.90. The van der Waals surface area contributed by atoms with Crippen LogP contribution in [0.2, 0.25) is 5.02 Å². The molecule has 0 bridgehead atoms. The lowest BCUT2D eigenvalue weighted by Gasteiger charge is -2.36. The van der Waals surface area contributed by atoms with Crippen molar-refractivity contribution in [3.05, 3.63) is 56.6 Å². The molecule has 0 radical (unpaired) electrons. The second-order valence-corrected chi connectivity index (χ2v) is 8.87. The highest BCUT2D eigenvalue weighted by atomic mass is 127. The number of hydrogen-bond acceptors (Lipinski definition) is 4. The lowest BCUT2D eigenvalue weighted by molar-refractivity contribution is -0.131. The normalized spacial score (nSPS) is 13.7. The van der Waals surface area contributed by atoms with Crippen molar-refractivity contribution in [2.45, 2.75) is 13.3 Å². The lowest BCUT2D eigenvalue weighted by atomic mass is 10.2. The van der Waals surface area contributed by atoms with Crippen molar-refractivity contribution < 1.29 is 9.59 Å². The van der Waals surface area contributed by atoms with Crippen LogP contribution in [0.4, 0.5) is 11.4 Å². The summed E-state index contributed by atoms with van der Waals surface area (Å²) in [6.45, 7) is 4.74. The van der Waals surface area contributed by atoms with Crippen LogP contribution >= 0.6 is 46.4 Å². The van der Waals surface area contributed by atoms with Crippen molar-refractivity contribution in [3.8, 4) is 0 Å². The molecule has 2 aromatic carbocycles. The lowest BCUT2D eigenvalue weighted by Crippen LogP contribution is -2.48. The van der Waals surface area contributed by atoms with E-state index >= 15 is 0 Å². The molecule has 2 N–H and O–H groups in total. The Balaban J connectivity index is 1.58. The highest BCUT2D eigenvalue weighted by molar-refractivity contribution is 14.1. The Bertz CT molecular complexity index is 964. The van der Waals surface area contributed by atoms with Gasteiger partial charge in [0.05, 0.1) is 10.7 Å². The highest BCUT2D eigenvalue weighted by Gasteiger charge is 2.21. The number of anilines is 2. The number of carbonyl (C=O) groups is 2. The molecule has 1 aliphatic heterocycles.